The van der Waals surface area contributed by atoms with E-state index in [1.807, 2.05) is 29.8 Å². The molecule has 0 aliphatic heterocycles. The van der Waals surface area contributed by atoms with Gasteiger partial charge in [-0.3, -0.25) is 0 Å². The average molecular weight is 372 g/mol. The van der Waals surface area contributed by atoms with E-state index in [4.69, 9.17) is 6.57 Å². The summed E-state index contributed by atoms with van der Waals surface area (Å²) in [4.78, 5) is 17.0. The van der Waals surface area contributed by atoms with E-state index in [1.165, 1.54) is 7.05 Å². The number of benzene rings is 1. The summed E-state index contributed by atoms with van der Waals surface area (Å²) in [6.45, 7) is 7.21. The van der Waals surface area contributed by atoms with Gasteiger partial charge in [0.25, 0.3) is 0 Å². The number of carboxylic acids is 1. The van der Waals surface area contributed by atoms with E-state index in [9.17, 15) is 14.3 Å². The molecule has 0 saturated carbocycles. The maximum atomic E-state index is 14.2. The zero-order valence-corrected chi connectivity index (χ0v) is 15.0. The molecule has 0 unspecified atom stereocenters. The van der Waals surface area contributed by atoms with Gasteiger partial charge in [-0.05, 0) is 28.8 Å². The Bertz CT molecular complexity index is 997. The van der Waals surface area contributed by atoms with Gasteiger partial charge in [0.1, 0.15) is 5.69 Å². The Labute approximate surface area is 152 Å². The van der Waals surface area contributed by atoms with Gasteiger partial charge >= 0.3 is 5.97 Å². The third-order valence-corrected chi connectivity index (χ3v) is 5.77. The molecule has 3 aromatic rings. The van der Waals surface area contributed by atoms with Gasteiger partial charge < -0.3 is 9.67 Å². The van der Waals surface area contributed by atoms with Gasteiger partial charge in [-0.1, -0.05) is 24.3 Å². The maximum absolute atomic E-state index is 14.2. The number of thiophene rings is 1. The van der Waals surface area contributed by atoms with E-state index < -0.39 is 11.9 Å². The number of carbonyl (C=O) groups is 1. The lowest BCUT2D eigenvalue weighted by molar-refractivity contribution is 0.0686. The van der Waals surface area contributed by atoms with Crippen LogP contribution in [0.2, 0.25) is 0 Å². The summed E-state index contributed by atoms with van der Waals surface area (Å²) < 4.78 is 15.1. The Morgan fingerprint density at radius 2 is 1.92 bits per heavy atom. The summed E-state index contributed by atoms with van der Waals surface area (Å²) >= 11 is 3.28. The molecule has 126 valence electrons. The normalized spacial score (nSPS) is 10.6. The fraction of sp³-hybridized carbons (Fsp3) is 0.111. The Morgan fingerprint density at radius 3 is 2.48 bits per heavy atom. The van der Waals surface area contributed by atoms with Crippen molar-refractivity contribution in [2.24, 2.45) is 7.05 Å². The highest BCUT2D eigenvalue weighted by atomic mass is 32.2. The molecule has 0 bridgehead atoms. The molecule has 2 aromatic heterocycles. The third kappa shape index (κ3) is 2.84. The third-order valence-electron chi connectivity index (χ3n) is 3.90. The Balaban J connectivity index is 2.14. The lowest BCUT2D eigenvalue weighted by Crippen LogP contribution is -2.07. The van der Waals surface area contributed by atoms with Crippen LogP contribution in [0.15, 0.2) is 40.6 Å². The van der Waals surface area contributed by atoms with Gasteiger partial charge in [0.05, 0.1) is 6.57 Å². The van der Waals surface area contributed by atoms with Crippen molar-refractivity contribution >= 4 is 34.8 Å². The van der Waals surface area contributed by atoms with Crippen LogP contribution in [0.3, 0.4) is 0 Å². The van der Waals surface area contributed by atoms with Crippen molar-refractivity contribution in [2.45, 2.75) is 4.90 Å². The molecule has 0 radical (unpaired) electrons. The fourth-order valence-electron chi connectivity index (χ4n) is 2.72. The number of halogens is 1. The summed E-state index contributed by atoms with van der Waals surface area (Å²) in [5.41, 5.74) is 1.13. The van der Waals surface area contributed by atoms with E-state index in [1.54, 1.807) is 35.2 Å². The molecule has 0 amide bonds. The molecule has 7 heteroatoms. The highest BCUT2D eigenvalue weighted by Crippen LogP contribution is 2.40. The van der Waals surface area contributed by atoms with Crippen LogP contribution < -0.4 is 0 Å². The molecule has 25 heavy (non-hydrogen) atoms. The van der Waals surface area contributed by atoms with Gasteiger partial charge in [-0.2, -0.15) is 0 Å². The molecule has 4 nitrogen and oxygen atoms in total. The maximum Gasteiger partial charge on any atom is 0.351 e. The molecule has 1 N–H and O–H groups in total. The SMILES string of the molecule is [C-]#[N+]c1c(-c2ccc(-c3sccc3SC)cc2)c(C(=O)O)n(C)c1F. The van der Waals surface area contributed by atoms with E-state index in [2.05, 4.69) is 4.85 Å². The highest BCUT2D eigenvalue weighted by molar-refractivity contribution is 7.98. The first-order chi connectivity index (χ1) is 12.0. The lowest BCUT2D eigenvalue weighted by atomic mass is 10.0. The van der Waals surface area contributed by atoms with Crippen molar-refractivity contribution < 1.29 is 14.3 Å². The zero-order chi connectivity index (χ0) is 18.1. The largest absolute Gasteiger partial charge is 0.477 e. The molecular weight excluding hydrogens is 359 g/mol. The van der Waals surface area contributed by atoms with E-state index >= 15 is 0 Å². The van der Waals surface area contributed by atoms with Gasteiger partial charge in [0, 0.05) is 22.4 Å². The second-order valence-corrected chi connectivity index (χ2v) is 7.00. The summed E-state index contributed by atoms with van der Waals surface area (Å²) in [6, 6.07) is 9.24. The molecule has 0 spiro atoms. The van der Waals surface area contributed by atoms with E-state index in [0.29, 0.717) is 5.56 Å². The quantitative estimate of drug-likeness (QED) is 0.484. The lowest BCUT2D eigenvalue weighted by Gasteiger charge is -2.06. The minimum Gasteiger partial charge on any atom is -0.477 e. The van der Waals surface area contributed by atoms with Crippen LogP contribution in [0.1, 0.15) is 10.5 Å². The Hall–Kier alpha value is -2.56. The van der Waals surface area contributed by atoms with Gasteiger partial charge in [0.15, 0.2) is 0 Å². The van der Waals surface area contributed by atoms with Gasteiger partial charge in [0.2, 0.25) is 11.6 Å². The average Bonchev–Trinajstić information content (AvgIpc) is 3.18. The van der Waals surface area contributed by atoms with E-state index in [-0.39, 0.29) is 16.9 Å². The second-order valence-electron chi connectivity index (χ2n) is 5.23. The topological polar surface area (TPSA) is 46.6 Å². The number of hydrogen-bond acceptors (Lipinski definition) is 3. The van der Waals surface area contributed by atoms with Crippen molar-refractivity contribution in [3.05, 3.63) is 58.8 Å². The fourth-order valence-corrected chi connectivity index (χ4v) is 4.51. The molecule has 0 aliphatic carbocycles. The number of thioether (sulfide) groups is 1. The predicted octanol–water partition coefficient (Wildman–Crippen LogP) is 5.53. The van der Waals surface area contributed by atoms with Crippen molar-refractivity contribution in [2.75, 3.05) is 6.26 Å². The number of carboxylic acid groups (broad SMARTS) is 1. The van der Waals surface area contributed by atoms with Crippen molar-refractivity contribution in [3.8, 4) is 21.6 Å². The molecule has 3 rings (SSSR count). The number of rotatable bonds is 4. The zero-order valence-electron chi connectivity index (χ0n) is 13.4. The van der Waals surface area contributed by atoms with Crippen molar-refractivity contribution in [1.82, 2.24) is 4.57 Å². The Kier molecular flexibility index (Phi) is 4.66. The standard InChI is InChI=1S/C18H13FN2O2S2/c1-20-14-13(15(18(22)23)21(2)17(14)19)10-4-6-11(7-5-10)16-12(24-3)8-9-25-16/h4-9H,2-3H3,(H,22,23). The predicted molar refractivity (Wildman–Crippen MR) is 99.1 cm³/mol. The highest BCUT2D eigenvalue weighted by Gasteiger charge is 2.26. The molecular formula is C18H13FN2O2S2. The summed E-state index contributed by atoms with van der Waals surface area (Å²) in [5.74, 6) is -2.10. The Morgan fingerprint density at radius 1 is 1.28 bits per heavy atom. The van der Waals surface area contributed by atoms with Gasteiger partial charge in [-0.15, -0.1) is 23.1 Å². The first-order valence-corrected chi connectivity index (χ1v) is 9.31. The smallest absolute Gasteiger partial charge is 0.351 e. The second kappa shape index (κ2) is 6.75. The van der Waals surface area contributed by atoms with E-state index in [0.717, 1.165) is 19.9 Å². The van der Waals surface area contributed by atoms with Crippen LogP contribution in [0.5, 0.6) is 0 Å². The molecule has 2 heterocycles. The summed E-state index contributed by atoms with van der Waals surface area (Å²) in [5, 5.41) is 11.4. The molecule has 0 atom stereocenters. The number of nitrogens with zero attached hydrogens (tertiary/aromatic N) is 2. The molecule has 0 fully saturated rings. The summed E-state index contributed by atoms with van der Waals surface area (Å²) in [7, 11) is 1.31. The first-order valence-electron chi connectivity index (χ1n) is 7.20. The molecule has 1 aromatic carbocycles. The van der Waals surface area contributed by atoms with Crippen LogP contribution in [0, 0.1) is 12.5 Å². The minimum atomic E-state index is -1.27. The van der Waals surface area contributed by atoms with Crippen LogP contribution in [0.4, 0.5) is 10.1 Å². The number of aromatic nitrogens is 1. The molecule has 0 saturated heterocycles. The summed E-state index contributed by atoms with van der Waals surface area (Å²) in [6.07, 6.45) is 2.01. The van der Waals surface area contributed by atoms with Crippen molar-refractivity contribution in [1.29, 1.82) is 0 Å². The monoisotopic (exact) mass is 372 g/mol. The van der Waals surface area contributed by atoms with Crippen LogP contribution >= 0.6 is 23.1 Å². The molecule has 0 aliphatic rings. The number of aromatic carboxylic acids is 1. The number of hydrogen-bond donors (Lipinski definition) is 1. The van der Waals surface area contributed by atoms with Crippen LogP contribution in [-0.2, 0) is 7.05 Å². The first kappa shape index (κ1) is 17.3. The minimum absolute atomic E-state index is 0.116. The van der Waals surface area contributed by atoms with Gasteiger partial charge in [-0.25, -0.2) is 14.0 Å². The van der Waals surface area contributed by atoms with Crippen LogP contribution in [0.25, 0.3) is 26.4 Å². The van der Waals surface area contributed by atoms with Crippen LogP contribution in [-0.4, -0.2) is 21.9 Å². The van der Waals surface area contributed by atoms with Crippen molar-refractivity contribution in [3.63, 3.8) is 0 Å².